The van der Waals surface area contributed by atoms with Crippen molar-refractivity contribution >= 4 is 11.9 Å². The minimum absolute atomic E-state index is 0.229. The van der Waals surface area contributed by atoms with Crippen LogP contribution in [0.2, 0.25) is 0 Å². The molecule has 160 valence electrons. The van der Waals surface area contributed by atoms with E-state index in [1.54, 1.807) is 12.0 Å². The molecule has 1 saturated carbocycles. The van der Waals surface area contributed by atoms with Gasteiger partial charge >= 0.3 is 0 Å². The van der Waals surface area contributed by atoms with E-state index in [2.05, 4.69) is 29.3 Å². The Bertz CT molecular complexity index is 708. The van der Waals surface area contributed by atoms with Crippen molar-refractivity contribution in [2.24, 2.45) is 10.4 Å². The van der Waals surface area contributed by atoms with Gasteiger partial charge < -0.3 is 19.9 Å². The van der Waals surface area contributed by atoms with Gasteiger partial charge in [0, 0.05) is 39.6 Å². The third kappa shape index (κ3) is 4.85. The van der Waals surface area contributed by atoms with Crippen LogP contribution >= 0.6 is 0 Å². The van der Waals surface area contributed by atoms with E-state index < -0.39 is 0 Å². The van der Waals surface area contributed by atoms with Crippen molar-refractivity contribution < 1.29 is 9.53 Å². The van der Waals surface area contributed by atoms with Crippen molar-refractivity contribution in [1.29, 1.82) is 0 Å². The highest BCUT2D eigenvalue weighted by Crippen LogP contribution is 2.40. The van der Waals surface area contributed by atoms with Crippen molar-refractivity contribution in [1.82, 2.24) is 15.1 Å². The number of nitrogens with zero attached hydrogens (tertiary/aromatic N) is 3. The molecule has 29 heavy (non-hydrogen) atoms. The zero-order valence-electron chi connectivity index (χ0n) is 18.4. The first-order valence-corrected chi connectivity index (χ1v) is 10.9. The summed E-state index contributed by atoms with van der Waals surface area (Å²) in [5.74, 6) is 2.56. The van der Waals surface area contributed by atoms with Gasteiger partial charge in [0.25, 0.3) is 0 Å². The first-order valence-electron chi connectivity index (χ1n) is 10.9. The molecule has 1 amide bonds. The lowest BCUT2D eigenvalue weighted by atomic mass is 9.85. The van der Waals surface area contributed by atoms with Crippen LogP contribution in [0, 0.1) is 5.41 Å². The van der Waals surface area contributed by atoms with E-state index in [1.807, 2.05) is 26.2 Å². The van der Waals surface area contributed by atoms with Gasteiger partial charge in [-0.25, -0.2) is 0 Å². The largest absolute Gasteiger partial charge is 0.497 e. The first-order chi connectivity index (χ1) is 14.0. The molecule has 1 aliphatic carbocycles. The number of guanidine groups is 1. The summed E-state index contributed by atoms with van der Waals surface area (Å²) in [6.45, 7) is 5.44. The minimum Gasteiger partial charge on any atom is -0.497 e. The van der Waals surface area contributed by atoms with E-state index in [0.29, 0.717) is 12.5 Å². The number of carbonyl (C=O) groups is 1. The van der Waals surface area contributed by atoms with Crippen molar-refractivity contribution in [2.75, 3.05) is 47.4 Å². The van der Waals surface area contributed by atoms with E-state index >= 15 is 0 Å². The number of hydrogen-bond donors (Lipinski definition) is 1. The lowest BCUT2D eigenvalue weighted by Crippen LogP contribution is -2.44. The standard InChI is InChI=1S/C23H36N4O2/c1-5-24-22(25-17-23(13-6-7-14-23)21(28)26(2)3)27-15-12-19(16-27)18-8-10-20(29-4)11-9-18/h8-11,19H,5-7,12-17H2,1-4H3,(H,24,25). The average Bonchev–Trinajstić information content (AvgIpc) is 3.41. The number of carbonyl (C=O) groups excluding carboxylic acids is 1. The van der Waals surface area contributed by atoms with Gasteiger partial charge in [0.05, 0.1) is 19.1 Å². The second kappa shape index (κ2) is 9.51. The third-order valence-corrected chi connectivity index (χ3v) is 6.36. The Morgan fingerprint density at radius 1 is 1.28 bits per heavy atom. The highest BCUT2D eigenvalue weighted by molar-refractivity contribution is 5.84. The molecule has 0 radical (unpaired) electrons. The van der Waals surface area contributed by atoms with E-state index in [-0.39, 0.29) is 11.3 Å². The molecule has 1 saturated heterocycles. The van der Waals surface area contributed by atoms with Gasteiger partial charge in [0.15, 0.2) is 5.96 Å². The van der Waals surface area contributed by atoms with E-state index in [4.69, 9.17) is 9.73 Å². The number of methoxy groups -OCH3 is 1. The average molecular weight is 401 g/mol. The minimum atomic E-state index is -0.320. The lowest BCUT2D eigenvalue weighted by molar-refractivity contribution is -0.138. The number of amides is 1. The Labute approximate surface area is 175 Å². The highest BCUT2D eigenvalue weighted by atomic mass is 16.5. The SMILES string of the molecule is CCNC(=NCC1(C(=O)N(C)C)CCCC1)N1CCC(c2ccc(OC)cc2)C1. The molecule has 1 heterocycles. The quantitative estimate of drug-likeness (QED) is 0.589. The molecule has 0 aromatic heterocycles. The molecular formula is C23H36N4O2. The molecule has 0 bridgehead atoms. The summed E-state index contributed by atoms with van der Waals surface area (Å²) in [4.78, 5) is 21.9. The molecule has 1 atom stereocenters. The third-order valence-electron chi connectivity index (χ3n) is 6.36. The molecule has 1 aliphatic heterocycles. The van der Waals surface area contributed by atoms with Crippen LogP contribution in [0.1, 0.15) is 50.5 Å². The molecule has 1 aromatic carbocycles. The molecule has 2 fully saturated rings. The zero-order chi connectivity index (χ0) is 20.9. The van der Waals surface area contributed by atoms with Crippen molar-refractivity contribution in [3.63, 3.8) is 0 Å². The molecule has 3 rings (SSSR count). The molecule has 1 unspecified atom stereocenters. The van der Waals surface area contributed by atoms with Gasteiger partial charge in [-0.15, -0.1) is 0 Å². The van der Waals surface area contributed by atoms with Crippen LogP contribution in [0.3, 0.4) is 0 Å². The van der Waals surface area contributed by atoms with Gasteiger partial charge in [-0.3, -0.25) is 9.79 Å². The summed E-state index contributed by atoms with van der Waals surface area (Å²) >= 11 is 0. The Kier molecular flexibility index (Phi) is 7.04. The van der Waals surface area contributed by atoms with Crippen LogP contribution < -0.4 is 10.1 Å². The predicted molar refractivity (Wildman–Crippen MR) is 117 cm³/mol. The monoisotopic (exact) mass is 400 g/mol. The molecule has 1 N–H and O–H groups in total. The first kappa shape index (κ1) is 21.5. The number of nitrogens with one attached hydrogen (secondary N) is 1. The van der Waals surface area contributed by atoms with Crippen LogP contribution in [0.4, 0.5) is 0 Å². The van der Waals surface area contributed by atoms with E-state index in [0.717, 1.165) is 63.4 Å². The summed E-state index contributed by atoms with van der Waals surface area (Å²) in [6, 6.07) is 8.41. The second-order valence-electron chi connectivity index (χ2n) is 8.56. The fourth-order valence-corrected chi connectivity index (χ4v) is 4.72. The fourth-order valence-electron chi connectivity index (χ4n) is 4.72. The van der Waals surface area contributed by atoms with Gasteiger partial charge in [-0.2, -0.15) is 0 Å². The van der Waals surface area contributed by atoms with Crippen LogP contribution in [-0.4, -0.2) is 69.1 Å². The normalized spacial score (nSPS) is 21.3. The van der Waals surface area contributed by atoms with Gasteiger partial charge in [-0.1, -0.05) is 25.0 Å². The topological polar surface area (TPSA) is 57.2 Å². The maximum absolute atomic E-state index is 12.9. The zero-order valence-corrected chi connectivity index (χ0v) is 18.4. The summed E-state index contributed by atoms with van der Waals surface area (Å²) in [7, 11) is 5.41. The molecule has 6 heteroatoms. The highest BCUT2D eigenvalue weighted by Gasteiger charge is 2.42. The van der Waals surface area contributed by atoms with E-state index in [1.165, 1.54) is 5.56 Å². The number of benzene rings is 1. The molecule has 2 aliphatic rings. The number of likely N-dealkylation sites (tertiary alicyclic amines) is 1. The number of rotatable bonds is 6. The van der Waals surface area contributed by atoms with Crippen LogP contribution in [0.5, 0.6) is 5.75 Å². The van der Waals surface area contributed by atoms with Crippen molar-refractivity contribution in [2.45, 2.75) is 44.9 Å². The smallest absolute Gasteiger partial charge is 0.230 e. The maximum atomic E-state index is 12.9. The van der Waals surface area contributed by atoms with Crippen LogP contribution in [-0.2, 0) is 4.79 Å². The predicted octanol–water partition coefficient (Wildman–Crippen LogP) is 3.10. The summed E-state index contributed by atoms with van der Waals surface area (Å²) < 4.78 is 5.28. The van der Waals surface area contributed by atoms with Gasteiger partial charge in [0.1, 0.15) is 5.75 Å². The van der Waals surface area contributed by atoms with Gasteiger partial charge in [-0.05, 0) is 43.9 Å². The van der Waals surface area contributed by atoms with Crippen molar-refractivity contribution in [3.8, 4) is 5.75 Å². The summed E-state index contributed by atoms with van der Waals surface area (Å²) in [5, 5.41) is 3.46. The van der Waals surface area contributed by atoms with Crippen LogP contribution in [0.25, 0.3) is 0 Å². The molecular weight excluding hydrogens is 364 g/mol. The van der Waals surface area contributed by atoms with Gasteiger partial charge in [0.2, 0.25) is 5.91 Å². The Balaban J connectivity index is 1.71. The van der Waals surface area contributed by atoms with Crippen LogP contribution in [0.15, 0.2) is 29.3 Å². The molecule has 0 spiro atoms. The molecule has 6 nitrogen and oxygen atoms in total. The number of aliphatic imine (C=N–C) groups is 1. The maximum Gasteiger partial charge on any atom is 0.230 e. The van der Waals surface area contributed by atoms with Crippen molar-refractivity contribution in [3.05, 3.63) is 29.8 Å². The molecule has 1 aromatic rings. The Morgan fingerprint density at radius 3 is 2.55 bits per heavy atom. The fraction of sp³-hybridized carbons (Fsp3) is 0.652. The number of hydrogen-bond acceptors (Lipinski definition) is 3. The van der Waals surface area contributed by atoms with E-state index in [9.17, 15) is 4.79 Å². The second-order valence-corrected chi connectivity index (χ2v) is 8.56. The lowest BCUT2D eigenvalue weighted by Gasteiger charge is -2.30. The Hall–Kier alpha value is -2.24. The summed E-state index contributed by atoms with van der Waals surface area (Å²) in [5.41, 5.74) is 1.03. The summed E-state index contributed by atoms with van der Waals surface area (Å²) in [6.07, 6.45) is 5.24. The Morgan fingerprint density at radius 2 is 1.97 bits per heavy atom. The number of ether oxygens (including phenoxy) is 1.